The van der Waals surface area contributed by atoms with Gasteiger partial charge >= 0.3 is 6.09 Å². The lowest BCUT2D eigenvalue weighted by atomic mass is 10.0. The molecule has 1 saturated heterocycles. The van der Waals surface area contributed by atoms with Gasteiger partial charge in [0.25, 0.3) is 0 Å². The SMILES string of the molecule is COc1ccc(O)cc1CC(=O)N(C)[C@H]1CCCN(C(=O)OC(C)(C)C)C1. The topological polar surface area (TPSA) is 79.3 Å². The van der Waals surface area contributed by atoms with Crippen molar-refractivity contribution in [2.45, 2.75) is 51.7 Å². The molecule has 0 bridgehead atoms. The molecule has 0 aromatic heterocycles. The van der Waals surface area contributed by atoms with Gasteiger partial charge in [-0.1, -0.05) is 0 Å². The van der Waals surface area contributed by atoms with Crippen LogP contribution in [0.15, 0.2) is 18.2 Å². The Kier molecular flexibility index (Phi) is 6.57. The first kappa shape index (κ1) is 20.9. The fourth-order valence-electron chi connectivity index (χ4n) is 3.16. The van der Waals surface area contributed by atoms with Gasteiger partial charge in [0.05, 0.1) is 13.5 Å². The number of aromatic hydroxyl groups is 1. The average Bonchev–Trinajstić information content (AvgIpc) is 2.60. The van der Waals surface area contributed by atoms with Crippen LogP contribution in [0, 0.1) is 0 Å². The van der Waals surface area contributed by atoms with Gasteiger partial charge < -0.3 is 24.4 Å². The first-order valence-electron chi connectivity index (χ1n) is 9.20. The number of phenols is 1. The van der Waals surface area contributed by atoms with Crippen LogP contribution < -0.4 is 4.74 Å². The first-order valence-corrected chi connectivity index (χ1v) is 9.20. The smallest absolute Gasteiger partial charge is 0.410 e. The van der Waals surface area contributed by atoms with Gasteiger partial charge in [0.1, 0.15) is 17.1 Å². The van der Waals surface area contributed by atoms with E-state index in [0.29, 0.717) is 24.4 Å². The summed E-state index contributed by atoms with van der Waals surface area (Å²) in [6.07, 6.45) is 1.43. The van der Waals surface area contributed by atoms with Crippen LogP contribution in [-0.2, 0) is 16.0 Å². The Labute approximate surface area is 160 Å². The summed E-state index contributed by atoms with van der Waals surface area (Å²) < 4.78 is 10.7. The number of phenolic OH excluding ortho intramolecular Hbond substituents is 1. The maximum Gasteiger partial charge on any atom is 0.410 e. The Morgan fingerprint density at radius 2 is 2.04 bits per heavy atom. The predicted octanol–water partition coefficient (Wildman–Crippen LogP) is 2.80. The number of benzene rings is 1. The minimum Gasteiger partial charge on any atom is -0.508 e. The van der Waals surface area contributed by atoms with Gasteiger partial charge in [-0.25, -0.2) is 4.79 Å². The fraction of sp³-hybridized carbons (Fsp3) is 0.600. The van der Waals surface area contributed by atoms with E-state index in [1.54, 1.807) is 29.0 Å². The largest absolute Gasteiger partial charge is 0.508 e. The monoisotopic (exact) mass is 378 g/mol. The second kappa shape index (κ2) is 8.50. The van der Waals surface area contributed by atoms with Crippen LogP contribution in [0.2, 0.25) is 0 Å². The van der Waals surface area contributed by atoms with Crippen molar-refractivity contribution in [3.05, 3.63) is 23.8 Å². The summed E-state index contributed by atoms with van der Waals surface area (Å²) in [6.45, 7) is 6.60. The summed E-state index contributed by atoms with van der Waals surface area (Å²) in [5, 5.41) is 9.68. The van der Waals surface area contributed by atoms with Crippen LogP contribution in [0.25, 0.3) is 0 Å². The Morgan fingerprint density at radius 1 is 1.33 bits per heavy atom. The summed E-state index contributed by atoms with van der Waals surface area (Å²) in [4.78, 5) is 28.4. The van der Waals surface area contributed by atoms with E-state index in [4.69, 9.17) is 9.47 Å². The summed E-state index contributed by atoms with van der Waals surface area (Å²) in [7, 11) is 3.28. The number of carbonyl (C=O) groups excluding carboxylic acids is 2. The molecule has 1 aliphatic heterocycles. The van der Waals surface area contributed by atoms with Crippen molar-refractivity contribution in [3.8, 4) is 11.5 Å². The highest BCUT2D eigenvalue weighted by Gasteiger charge is 2.31. The van der Waals surface area contributed by atoms with Crippen molar-refractivity contribution < 1.29 is 24.2 Å². The highest BCUT2D eigenvalue weighted by Crippen LogP contribution is 2.25. The van der Waals surface area contributed by atoms with Crippen LogP contribution in [0.1, 0.15) is 39.2 Å². The van der Waals surface area contributed by atoms with Crippen LogP contribution in [0.4, 0.5) is 4.79 Å². The molecule has 1 heterocycles. The molecule has 0 unspecified atom stereocenters. The number of hydrogen-bond acceptors (Lipinski definition) is 5. The zero-order valence-corrected chi connectivity index (χ0v) is 16.8. The third kappa shape index (κ3) is 5.77. The van der Waals surface area contributed by atoms with Gasteiger partial charge in [-0.2, -0.15) is 0 Å². The van der Waals surface area contributed by atoms with E-state index >= 15 is 0 Å². The summed E-state index contributed by atoms with van der Waals surface area (Å²) >= 11 is 0. The van der Waals surface area contributed by atoms with Crippen molar-refractivity contribution in [1.29, 1.82) is 0 Å². The van der Waals surface area contributed by atoms with Crippen molar-refractivity contribution >= 4 is 12.0 Å². The third-order valence-electron chi connectivity index (χ3n) is 4.59. The minimum absolute atomic E-state index is 0.0675. The summed E-state index contributed by atoms with van der Waals surface area (Å²) in [5.74, 6) is 0.568. The minimum atomic E-state index is -0.544. The van der Waals surface area contributed by atoms with Gasteiger partial charge in [-0.3, -0.25) is 4.79 Å². The predicted molar refractivity (Wildman–Crippen MR) is 102 cm³/mol. The molecule has 1 aliphatic rings. The standard InChI is InChI=1S/C20H30N2O5/c1-20(2,3)27-19(25)22-10-6-7-15(13-22)21(4)18(24)12-14-11-16(23)8-9-17(14)26-5/h8-9,11,15,23H,6-7,10,12-13H2,1-5H3/t15-/m0/s1. The Morgan fingerprint density at radius 3 is 2.67 bits per heavy atom. The number of likely N-dealkylation sites (N-methyl/N-ethyl adjacent to an activating group) is 1. The number of hydrogen-bond donors (Lipinski definition) is 1. The zero-order valence-electron chi connectivity index (χ0n) is 16.8. The van der Waals surface area contributed by atoms with E-state index in [1.165, 1.54) is 13.2 Å². The van der Waals surface area contributed by atoms with Gasteiger partial charge in [0.15, 0.2) is 0 Å². The lowest BCUT2D eigenvalue weighted by molar-refractivity contribution is -0.132. The van der Waals surface area contributed by atoms with Gasteiger partial charge in [-0.15, -0.1) is 0 Å². The van der Waals surface area contributed by atoms with E-state index in [-0.39, 0.29) is 30.2 Å². The highest BCUT2D eigenvalue weighted by atomic mass is 16.6. The molecular formula is C20H30N2O5. The Bertz CT molecular complexity index is 683. The number of nitrogens with zero attached hydrogens (tertiary/aromatic N) is 2. The Hall–Kier alpha value is -2.44. The molecule has 1 N–H and O–H groups in total. The van der Waals surface area contributed by atoms with E-state index in [9.17, 15) is 14.7 Å². The molecule has 2 amide bonds. The molecule has 7 nitrogen and oxygen atoms in total. The molecule has 0 spiro atoms. The average molecular weight is 378 g/mol. The van der Waals surface area contributed by atoms with E-state index in [0.717, 1.165) is 12.8 Å². The normalized spacial score (nSPS) is 17.4. The fourth-order valence-corrected chi connectivity index (χ4v) is 3.16. The third-order valence-corrected chi connectivity index (χ3v) is 4.59. The second-order valence-corrected chi connectivity index (χ2v) is 7.90. The number of piperidine rings is 1. The number of amides is 2. The molecule has 27 heavy (non-hydrogen) atoms. The van der Waals surface area contributed by atoms with Crippen molar-refractivity contribution in [2.75, 3.05) is 27.2 Å². The molecule has 1 aromatic rings. The van der Waals surface area contributed by atoms with Crippen molar-refractivity contribution in [1.82, 2.24) is 9.80 Å². The number of methoxy groups -OCH3 is 1. The van der Waals surface area contributed by atoms with E-state index in [2.05, 4.69) is 0 Å². The number of carbonyl (C=O) groups is 2. The quantitative estimate of drug-likeness (QED) is 0.872. The van der Waals surface area contributed by atoms with Crippen LogP contribution in [0.3, 0.4) is 0 Å². The van der Waals surface area contributed by atoms with Crippen LogP contribution >= 0.6 is 0 Å². The van der Waals surface area contributed by atoms with Crippen molar-refractivity contribution in [3.63, 3.8) is 0 Å². The van der Waals surface area contributed by atoms with E-state index < -0.39 is 5.60 Å². The number of ether oxygens (including phenoxy) is 2. The lowest BCUT2D eigenvalue weighted by Crippen LogP contribution is -2.51. The maximum absolute atomic E-state index is 12.8. The molecule has 7 heteroatoms. The molecule has 0 saturated carbocycles. The maximum atomic E-state index is 12.8. The number of rotatable bonds is 4. The van der Waals surface area contributed by atoms with Gasteiger partial charge in [0, 0.05) is 31.7 Å². The lowest BCUT2D eigenvalue weighted by Gasteiger charge is -2.38. The van der Waals surface area contributed by atoms with Gasteiger partial charge in [0.2, 0.25) is 5.91 Å². The molecule has 0 aliphatic carbocycles. The molecule has 0 radical (unpaired) electrons. The first-order chi connectivity index (χ1) is 12.6. The Balaban J connectivity index is 2.02. The van der Waals surface area contributed by atoms with Gasteiger partial charge in [-0.05, 0) is 51.8 Å². The molecule has 150 valence electrons. The molecule has 1 aromatic carbocycles. The van der Waals surface area contributed by atoms with Crippen molar-refractivity contribution in [2.24, 2.45) is 0 Å². The second-order valence-electron chi connectivity index (χ2n) is 7.90. The molecular weight excluding hydrogens is 348 g/mol. The van der Waals surface area contributed by atoms with Crippen LogP contribution in [-0.4, -0.2) is 65.8 Å². The number of likely N-dealkylation sites (tertiary alicyclic amines) is 1. The zero-order chi connectivity index (χ0) is 20.2. The molecule has 2 rings (SSSR count). The summed E-state index contributed by atoms with van der Waals surface area (Å²) in [5.41, 5.74) is 0.0894. The molecule has 1 atom stereocenters. The summed E-state index contributed by atoms with van der Waals surface area (Å²) in [6, 6.07) is 4.64. The van der Waals surface area contributed by atoms with E-state index in [1.807, 2.05) is 20.8 Å². The highest BCUT2D eigenvalue weighted by molar-refractivity contribution is 5.80. The van der Waals surface area contributed by atoms with Crippen LogP contribution in [0.5, 0.6) is 11.5 Å². The molecule has 1 fully saturated rings.